The van der Waals surface area contributed by atoms with Crippen molar-refractivity contribution >= 4 is 0 Å². The lowest BCUT2D eigenvalue weighted by atomic mass is 10.0. The second-order valence-electron chi connectivity index (χ2n) is 6.22. The van der Waals surface area contributed by atoms with Crippen LogP contribution in [0.5, 0.6) is 0 Å². The molecule has 0 radical (unpaired) electrons. The summed E-state index contributed by atoms with van der Waals surface area (Å²) in [7, 11) is 0. The van der Waals surface area contributed by atoms with Crippen molar-refractivity contribution < 1.29 is 4.74 Å². The van der Waals surface area contributed by atoms with E-state index in [4.69, 9.17) is 4.74 Å². The SMILES string of the molecule is CCCN(CCCC1CCCO1)CC1CCCCN1. The van der Waals surface area contributed by atoms with Gasteiger partial charge in [-0.15, -0.1) is 0 Å². The molecule has 19 heavy (non-hydrogen) atoms. The van der Waals surface area contributed by atoms with E-state index in [1.807, 2.05) is 0 Å². The van der Waals surface area contributed by atoms with Crippen LogP contribution in [-0.2, 0) is 4.74 Å². The zero-order chi connectivity index (χ0) is 13.3. The zero-order valence-corrected chi connectivity index (χ0v) is 12.7. The Hall–Kier alpha value is -0.120. The van der Waals surface area contributed by atoms with Gasteiger partial charge in [-0.2, -0.15) is 0 Å². The van der Waals surface area contributed by atoms with Gasteiger partial charge in [-0.25, -0.2) is 0 Å². The van der Waals surface area contributed by atoms with Crippen molar-refractivity contribution in [2.45, 2.75) is 70.4 Å². The van der Waals surface area contributed by atoms with Gasteiger partial charge in [0.05, 0.1) is 6.10 Å². The van der Waals surface area contributed by atoms with Gasteiger partial charge in [0.1, 0.15) is 0 Å². The second kappa shape index (κ2) is 8.93. The molecule has 1 N–H and O–H groups in total. The Bertz CT molecular complexity index is 223. The number of rotatable bonds is 8. The molecule has 0 amide bonds. The standard InChI is InChI=1S/C16H32N2O/c1-2-11-18(14-15-7-3-4-10-17-15)12-5-8-16-9-6-13-19-16/h15-17H,2-14H2,1H3. The highest BCUT2D eigenvalue weighted by molar-refractivity contribution is 4.76. The van der Waals surface area contributed by atoms with Crippen molar-refractivity contribution in [3.63, 3.8) is 0 Å². The Balaban J connectivity index is 1.62. The highest BCUT2D eigenvalue weighted by Gasteiger charge is 2.18. The van der Waals surface area contributed by atoms with Crippen molar-refractivity contribution in [1.29, 1.82) is 0 Å². The molecule has 0 aromatic carbocycles. The topological polar surface area (TPSA) is 24.5 Å². The molecule has 112 valence electrons. The van der Waals surface area contributed by atoms with Crippen LogP contribution in [-0.4, -0.2) is 49.8 Å². The molecule has 0 aliphatic carbocycles. The first-order chi connectivity index (χ1) is 9.38. The van der Waals surface area contributed by atoms with Crippen LogP contribution in [0.4, 0.5) is 0 Å². The van der Waals surface area contributed by atoms with E-state index < -0.39 is 0 Å². The maximum atomic E-state index is 5.71. The van der Waals surface area contributed by atoms with E-state index in [1.54, 1.807) is 0 Å². The summed E-state index contributed by atoms with van der Waals surface area (Å²) in [5.74, 6) is 0. The van der Waals surface area contributed by atoms with Crippen LogP contribution in [0.1, 0.15) is 58.3 Å². The molecule has 2 saturated heterocycles. The minimum Gasteiger partial charge on any atom is -0.378 e. The van der Waals surface area contributed by atoms with Crippen LogP contribution in [0.3, 0.4) is 0 Å². The molecule has 2 heterocycles. The predicted octanol–water partition coefficient (Wildman–Crippen LogP) is 2.80. The van der Waals surface area contributed by atoms with Crippen LogP contribution in [0.15, 0.2) is 0 Å². The van der Waals surface area contributed by atoms with Gasteiger partial charge in [-0.1, -0.05) is 13.3 Å². The van der Waals surface area contributed by atoms with Crippen LogP contribution in [0, 0.1) is 0 Å². The molecule has 0 bridgehead atoms. The summed E-state index contributed by atoms with van der Waals surface area (Å²) in [4.78, 5) is 2.66. The summed E-state index contributed by atoms with van der Waals surface area (Å²) in [5, 5.41) is 3.67. The van der Waals surface area contributed by atoms with Crippen molar-refractivity contribution in [2.24, 2.45) is 0 Å². The lowest BCUT2D eigenvalue weighted by Gasteiger charge is -2.30. The van der Waals surface area contributed by atoms with Crippen molar-refractivity contribution in [2.75, 3.05) is 32.8 Å². The number of ether oxygens (including phenoxy) is 1. The molecule has 2 unspecified atom stereocenters. The number of hydrogen-bond donors (Lipinski definition) is 1. The summed E-state index contributed by atoms with van der Waals surface area (Å²) in [5.41, 5.74) is 0. The largest absolute Gasteiger partial charge is 0.378 e. The molecule has 3 heteroatoms. The molecule has 2 aliphatic rings. The number of nitrogens with zero attached hydrogens (tertiary/aromatic N) is 1. The second-order valence-corrected chi connectivity index (χ2v) is 6.22. The van der Waals surface area contributed by atoms with Crippen molar-refractivity contribution in [1.82, 2.24) is 10.2 Å². The molecule has 0 spiro atoms. The third-order valence-corrected chi connectivity index (χ3v) is 4.46. The Morgan fingerprint density at radius 2 is 2.11 bits per heavy atom. The lowest BCUT2D eigenvalue weighted by Crippen LogP contribution is -2.44. The third kappa shape index (κ3) is 5.80. The fourth-order valence-electron chi connectivity index (χ4n) is 3.42. The van der Waals surface area contributed by atoms with Gasteiger partial charge in [-0.05, 0) is 64.6 Å². The number of nitrogens with one attached hydrogen (secondary N) is 1. The minimum absolute atomic E-state index is 0.566. The van der Waals surface area contributed by atoms with Crippen LogP contribution < -0.4 is 5.32 Å². The summed E-state index contributed by atoms with van der Waals surface area (Å²) < 4.78 is 5.71. The van der Waals surface area contributed by atoms with E-state index in [0.29, 0.717) is 6.10 Å². The average Bonchev–Trinajstić information content (AvgIpc) is 2.93. The van der Waals surface area contributed by atoms with Crippen molar-refractivity contribution in [3.8, 4) is 0 Å². The fraction of sp³-hybridized carbons (Fsp3) is 1.00. The third-order valence-electron chi connectivity index (χ3n) is 4.46. The molecular weight excluding hydrogens is 236 g/mol. The monoisotopic (exact) mass is 268 g/mol. The average molecular weight is 268 g/mol. The zero-order valence-electron chi connectivity index (χ0n) is 12.7. The first kappa shape index (κ1) is 15.3. The van der Waals surface area contributed by atoms with Gasteiger partial charge in [-0.3, -0.25) is 0 Å². The number of hydrogen-bond acceptors (Lipinski definition) is 3. The molecule has 2 fully saturated rings. The molecule has 3 nitrogen and oxygen atoms in total. The van der Waals surface area contributed by atoms with Crippen molar-refractivity contribution in [3.05, 3.63) is 0 Å². The first-order valence-electron chi connectivity index (χ1n) is 8.46. The summed E-state index contributed by atoms with van der Waals surface area (Å²) in [6.45, 7) is 8.27. The summed E-state index contributed by atoms with van der Waals surface area (Å²) in [6, 6.07) is 0.739. The highest BCUT2D eigenvalue weighted by atomic mass is 16.5. The quantitative estimate of drug-likeness (QED) is 0.732. The van der Waals surface area contributed by atoms with E-state index in [0.717, 1.165) is 12.6 Å². The minimum atomic E-state index is 0.566. The van der Waals surface area contributed by atoms with E-state index in [-0.39, 0.29) is 0 Å². The normalized spacial score (nSPS) is 28.1. The molecule has 2 rings (SSSR count). The van der Waals surface area contributed by atoms with Crippen LogP contribution >= 0.6 is 0 Å². The summed E-state index contributed by atoms with van der Waals surface area (Å²) in [6.07, 6.45) is 11.1. The fourth-order valence-corrected chi connectivity index (χ4v) is 3.42. The van der Waals surface area contributed by atoms with Gasteiger partial charge in [0, 0.05) is 19.2 Å². The van der Waals surface area contributed by atoms with Crippen LogP contribution in [0.2, 0.25) is 0 Å². The van der Waals surface area contributed by atoms with E-state index in [9.17, 15) is 0 Å². The van der Waals surface area contributed by atoms with E-state index in [2.05, 4.69) is 17.1 Å². The molecule has 0 saturated carbocycles. The maximum Gasteiger partial charge on any atom is 0.0576 e. The van der Waals surface area contributed by atoms with Gasteiger partial charge in [0.15, 0.2) is 0 Å². The number of piperidine rings is 1. The summed E-state index contributed by atoms with van der Waals surface area (Å²) >= 11 is 0. The predicted molar refractivity (Wildman–Crippen MR) is 80.6 cm³/mol. The Kier molecular flexibility index (Phi) is 7.18. The molecule has 2 atom stereocenters. The van der Waals surface area contributed by atoms with Crippen LogP contribution in [0.25, 0.3) is 0 Å². The molecule has 2 aliphatic heterocycles. The Morgan fingerprint density at radius 1 is 1.16 bits per heavy atom. The molecular formula is C16H32N2O. The maximum absolute atomic E-state index is 5.71. The smallest absolute Gasteiger partial charge is 0.0576 e. The molecule has 0 aromatic rings. The Morgan fingerprint density at radius 3 is 2.79 bits per heavy atom. The van der Waals surface area contributed by atoms with Gasteiger partial charge >= 0.3 is 0 Å². The van der Waals surface area contributed by atoms with Gasteiger partial charge < -0.3 is 15.0 Å². The van der Waals surface area contributed by atoms with E-state index >= 15 is 0 Å². The lowest BCUT2D eigenvalue weighted by molar-refractivity contribution is 0.0978. The van der Waals surface area contributed by atoms with Gasteiger partial charge in [0.25, 0.3) is 0 Å². The van der Waals surface area contributed by atoms with E-state index in [1.165, 1.54) is 77.5 Å². The highest BCUT2D eigenvalue weighted by Crippen LogP contribution is 2.17. The Labute approximate surface area is 119 Å². The van der Waals surface area contributed by atoms with Gasteiger partial charge in [0.2, 0.25) is 0 Å². The first-order valence-corrected chi connectivity index (χ1v) is 8.46. The molecule has 0 aromatic heterocycles.